The Morgan fingerprint density at radius 2 is 1.84 bits per heavy atom. The van der Waals surface area contributed by atoms with Crippen LogP contribution in [-0.4, -0.2) is 54.0 Å². The van der Waals surface area contributed by atoms with Crippen LogP contribution in [0.1, 0.15) is 109 Å². The predicted molar refractivity (Wildman–Crippen MR) is 170 cm³/mol. The first-order valence-electron chi connectivity index (χ1n) is 16.1. The van der Waals surface area contributed by atoms with Gasteiger partial charge in [-0.05, 0) is 73.7 Å². The molecular formula is C32H50BN5O6. The maximum absolute atomic E-state index is 13.9. The number of carbonyl (C=O) groups excluding carboxylic acids is 2. The van der Waals surface area contributed by atoms with Crippen molar-refractivity contribution in [3.05, 3.63) is 45.5 Å². The molecule has 4 aliphatic rings. The van der Waals surface area contributed by atoms with E-state index in [2.05, 4.69) is 58.8 Å². The first kappa shape index (κ1) is 33.9. The van der Waals surface area contributed by atoms with Crippen molar-refractivity contribution in [3.63, 3.8) is 0 Å². The molecule has 12 heteroatoms. The lowest BCUT2D eigenvalue weighted by molar-refractivity contribution is -0.525. The molecule has 1 aromatic rings. The second kappa shape index (κ2) is 13.6. The van der Waals surface area contributed by atoms with Crippen LogP contribution in [0.2, 0.25) is 0 Å². The Balaban J connectivity index is 1.48. The lowest BCUT2D eigenvalue weighted by atomic mass is 9.43. The smallest absolute Gasteiger partial charge is 0.404 e. The number of carbonyl (C=O) groups is 2. The molecule has 1 aromatic carbocycles. The fourth-order valence-corrected chi connectivity index (χ4v) is 7.51. The monoisotopic (exact) mass is 611 g/mol. The summed E-state index contributed by atoms with van der Waals surface area (Å²) in [6.07, 6.45) is 3.57. The van der Waals surface area contributed by atoms with Gasteiger partial charge in [-0.2, -0.15) is 0 Å². The fourth-order valence-electron chi connectivity index (χ4n) is 7.51. The van der Waals surface area contributed by atoms with Crippen LogP contribution in [0, 0.1) is 39.2 Å². The molecule has 3 aliphatic carbocycles. The quantitative estimate of drug-likeness (QED) is 0.0521. The molecular weight excluding hydrogens is 561 g/mol. The fraction of sp³-hybridized carbons (Fsp3) is 0.719. The molecule has 44 heavy (non-hydrogen) atoms. The number of guanidine groups is 1. The molecule has 5 rings (SSSR count). The number of nitrogens with two attached hydrogens (primary N) is 1. The van der Waals surface area contributed by atoms with Gasteiger partial charge < -0.3 is 20.4 Å². The SMILES string of the molecule is CC(C)C[C@H](NC(=O)[C@H](CCCN=C(N)N[N+](=O)[O-])CC(=O)c1ccc(C(C)C)cc1)B1O[C@@H]2C[C@@H]3C[C@@H](C3(C)C)[C@]2(C)O1. The highest BCUT2D eigenvalue weighted by atomic mass is 16.7. The largest absolute Gasteiger partial charge is 0.481 e. The van der Waals surface area contributed by atoms with Gasteiger partial charge in [-0.25, -0.2) is 15.1 Å². The number of hydrogen-bond acceptors (Lipinski definition) is 7. The molecule has 2 bridgehead atoms. The highest BCUT2D eigenvalue weighted by Crippen LogP contribution is 2.65. The summed E-state index contributed by atoms with van der Waals surface area (Å²) < 4.78 is 13.3. The first-order chi connectivity index (χ1) is 20.6. The van der Waals surface area contributed by atoms with Crippen LogP contribution >= 0.6 is 0 Å². The van der Waals surface area contributed by atoms with Gasteiger partial charge in [0.25, 0.3) is 5.96 Å². The van der Waals surface area contributed by atoms with E-state index in [4.69, 9.17) is 15.0 Å². The number of Topliss-reactive ketones (excluding diaryl/α,β-unsaturated/α-hetero) is 1. The molecule has 0 spiro atoms. The lowest BCUT2D eigenvalue weighted by Gasteiger charge is -2.64. The van der Waals surface area contributed by atoms with E-state index in [1.165, 1.54) is 0 Å². The average molecular weight is 612 g/mol. The third-order valence-electron chi connectivity index (χ3n) is 10.3. The van der Waals surface area contributed by atoms with Crippen molar-refractivity contribution in [3.8, 4) is 0 Å². The number of benzene rings is 1. The molecule has 4 N–H and O–H groups in total. The molecule has 0 unspecified atom stereocenters. The van der Waals surface area contributed by atoms with Crippen molar-refractivity contribution < 1.29 is 23.9 Å². The molecule has 6 atom stereocenters. The Hall–Kier alpha value is -2.99. The van der Waals surface area contributed by atoms with Crippen molar-refractivity contribution in [2.24, 2.45) is 39.8 Å². The zero-order valence-electron chi connectivity index (χ0n) is 27.3. The van der Waals surface area contributed by atoms with E-state index in [9.17, 15) is 19.7 Å². The summed E-state index contributed by atoms with van der Waals surface area (Å²) in [5, 5.41) is 13.1. The molecule has 3 saturated carbocycles. The Morgan fingerprint density at radius 3 is 2.43 bits per heavy atom. The number of hydrogen-bond donors (Lipinski definition) is 3. The Kier molecular flexibility index (Phi) is 10.4. The van der Waals surface area contributed by atoms with Gasteiger partial charge in [0.15, 0.2) is 10.8 Å². The van der Waals surface area contributed by atoms with E-state index in [-0.39, 0.29) is 54.0 Å². The topological polar surface area (TPSA) is 158 Å². The van der Waals surface area contributed by atoms with Crippen molar-refractivity contribution in [1.82, 2.24) is 10.7 Å². The van der Waals surface area contributed by atoms with E-state index in [0.29, 0.717) is 42.6 Å². The Bertz CT molecular complexity index is 1240. The highest BCUT2D eigenvalue weighted by molar-refractivity contribution is 6.47. The second-order valence-electron chi connectivity index (χ2n) is 14.5. The number of ketones is 1. The first-order valence-corrected chi connectivity index (χ1v) is 16.1. The second-order valence-corrected chi connectivity index (χ2v) is 14.5. The van der Waals surface area contributed by atoms with Gasteiger partial charge in [-0.15, -0.1) is 0 Å². The lowest BCUT2D eigenvalue weighted by Crippen LogP contribution is -2.65. The molecule has 11 nitrogen and oxygen atoms in total. The maximum atomic E-state index is 13.9. The third-order valence-corrected chi connectivity index (χ3v) is 10.3. The van der Waals surface area contributed by atoms with Gasteiger partial charge in [0.1, 0.15) is 0 Å². The number of aliphatic imine (C=N–C) groups is 1. The molecule has 0 radical (unpaired) electrons. The van der Waals surface area contributed by atoms with E-state index in [1.54, 1.807) is 0 Å². The minimum Gasteiger partial charge on any atom is -0.404 e. The van der Waals surface area contributed by atoms with Gasteiger partial charge in [0.2, 0.25) is 5.91 Å². The van der Waals surface area contributed by atoms with Gasteiger partial charge in [-0.3, -0.25) is 9.59 Å². The normalized spacial score (nSPS) is 27.0. The summed E-state index contributed by atoms with van der Waals surface area (Å²) in [7, 11) is -0.566. The van der Waals surface area contributed by atoms with Crippen LogP contribution in [0.4, 0.5) is 0 Å². The minimum absolute atomic E-state index is 0.00174. The van der Waals surface area contributed by atoms with Gasteiger partial charge in [0.05, 0.1) is 17.6 Å². The van der Waals surface area contributed by atoms with Crippen LogP contribution in [0.15, 0.2) is 29.3 Å². The van der Waals surface area contributed by atoms with Gasteiger partial charge >= 0.3 is 7.12 Å². The maximum Gasteiger partial charge on any atom is 0.481 e. The zero-order valence-corrected chi connectivity index (χ0v) is 27.3. The zero-order chi connectivity index (χ0) is 32.4. The van der Waals surface area contributed by atoms with Crippen LogP contribution in [0.5, 0.6) is 0 Å². The summed E-state index contributed by atoms with van der Waals surface area (Å²) in [5.74, 6) is -0.0132. The standard InChI is InChI=1S/C32H50BN5O6/c1-19(2)15-28(33-43-27-18-24-17-26(31(24,5)6)32(27,7)44-33)36-29(40)23(9-8-14-35-30(34)37-38(41)42)16-25(39)22-12-10-21(11-13-22)20(3)4/h10-13,19-20,23-24,26-28H,8-9,14-18H2,1-7H3,(H,36,40)(H3,34,35,37)/t23-,24+,26+,27-,28+,32+/m1/s1. The molecule has 242 valence electrons. The predicted octanol–water partition coefficient (Wildman–Crippen LogP) is 4.67. The van der Waals surface area contributed by atoms with Crippen LogP contribution in [-0.2, 0) is 14.1 Å². The van der Waals surface area contributed by atoms with Crippen molar-refractivity contribution >= 4 is 24.8 Å². The molecule has 1 amide bonds. The van der Waals surface area contributed by atoms with E-state index >= 15 is 0 Å². The summed E-state index contributed by atoms with van der Waals surface area (Å²) >= 11 is 0. The van der Waals surface area contributed by atoms with Crippen molar-refractivity contribution in [2.45, 2.75) is 111 Å². The Morgan fingerprint density at radius 1 is 1.16 bits per heavy atom. The summed E-state index contributed by atoms with van der Waals surface area (Å²) in [5.41, 5.74) is 8.88. The number of amides is 1. The molecule has 0 aromatic heterocycles. The van der Waals surface area contributed by atoms with Crippen molar-refractivity contribution in [2.75, 3.05) is 6.54 Å². The van der Waals surface area contributed by atoms with Gasteiger partial charge in [0, 0.05) is 24.4 Å². The van der Waals surface area contributed by atoms with E-state index in [1.807, 2.05) is 29.7 Å². The summed E-state index contributed by atoms with van der Waals surface area (Å²) in [6, 6.07) is 7.54. The number of nitrogens with zero attached hydrogens (tertiary/aromatic N) is 2. The summed E-state index contributed by atoms with van der Waals surface area (Å²) in [6.45, 7) is 15.4. The van der Waals surface area contributed by atoms with E-state index < -0.39 is 23.7 Å². The third kappa shape index (κ3) is 7.45. The average Bonchev–Trinajstić information content (AvgIpc) is 3.30. The van der Waals surface area contributed by atoms with Crippen LogP contribution in [0.3, 0.4) is 0 Å². The summed E-state index contributed by atoms with van der Waals surface area (Å²) in [4.78, 5) is 41.9. The number of rotatable bonds is 14. The van der Waals surface area contributed by atoms with E-state index in [0.717, 1.165) is 18.4 Å². The number of nitrogens with one attached hydrogen (secondary N) is 2. The van der Waals surface area contributed by atoms with Crippen LogP contribution < -0.4 is 16.5 Å². The molecule has 1 heterocycles. The highest BCUT2D eigenvalue weighted by Gasteiger charge is 2.68. The molecule has 4 fully saturated rings. The van der Waals surface area contributed by atoms with Crippen LogP contribution in [0.25, 0.3) is 0 Å². The molecule has 1 saturated heterocycles. The minimum atomic E-state index is -0.777. The van der Waals surface area contributed by atoms with Gasteiger partial charge in [-0.1, -0.05) is 71.2 Å². The number of nitro groups is 1. The molecule has 1 aliphatic heterocycles. The number of hydrazine groups is 1. The van der Waals surface area contributed by atoms with Crippen molar-refractivity contribution in [1.29, 1.82) is 0 Å². The Labute approximate surface area is 261 Å².